The molecule has 1 saturated heterocycles. The molecule has 1 aliphatic heterocycles. The summed E-state index contributed by atoms with van der Waals surface area (Å²) < 4.78 is 11.0. The molecule has 122 valence electrons. The molecule has 1 amide bonds. The van der Waals surface area contributed by atoms with Gasteiger partial charge in [0.05, 0.1) is 13.7 Å². The van der Waals surface area contributed by atoms with Crippen LogP contribution in [0.3, 0.4) is 0 Å². The zero-order valence-corrected chi connectivity index (χ0v) is 13.5. The molecule has 5 heteroatoms. The predicted molar refractivity (Wildman–Crippen MR) is 89.3 cm³/mol. The quantitative estimate of drug-likeness (QED) is 0.936. The molecular formula is C18H22N2O3. The van der Waals surface area contributed by atoms with Crippen molar-refractivity contribution in [3.63, 3.8) is 0 Å². The fraction of sp³-hybridized carbons (Fsp3) is 0.389. The molecule has 0 bridgehead atoms. The predicted octanol–water partition coefficient (Wildman–Crippen LogP) is 1.92. The number of hydrogen-bond acceptors (Lipinski definition) is 4. The van der Waals surface area contributed by atoms with Gasteiger partial charge >= 0.3 is 0 Å². The number of hydrogen-bond donors (Lipinski definition) is 1. The number of benzene rings is 2. The first-order chi connectivity index (χ1) is 11.0. The van der Waals surface area contributed by atoms with Crippen LogP contribution in [0.25, 0.3) is 10.8 Å². The number of fused-ring (bicyclic) bond motifs is 1. The van der Waals surface area contributed by atoms with Crippen molar-refractivity contribution in [1.82, 2.24) is 4.90 Å². The fourth-order valence-electron chi connectivity index (χ4n) is 3.13. The summed E-state index contributed by atoms with van der Waals surface area (Å²) in [5.74, 6) is 0.454. The van der Waals surface area contributed by atoms with E-state index < -0.39 is 11.5 Å². The third kappa shape index (κ3) is 3.02. The van der Waals surface area contributed by atoms with Crippen molar-refractivity contribution in [2.24, 2.45) is 5.73 Å². The van der Waals surface area contributed by atoms with Gasteiger partial charge in [-0.25, -0.2) is 0 Å². The van der Waals surface area contributed by atoms with E-state index in [4.69, 9.17) is 15.2 Å². The van der Waals surface area contributed by atoms with Crippen molar-refractivity contribution in [3.8, 4) is 5.75 Å². The number of methoxy groups -OCH3 is 1. The Labute approximate surface area is 136 Å². The van der Waals surface area contributed by atoms with Crippen LogP contribution in [0, 0.1) is 0 Å². The van der Waals surface area contributed by atoms with Gasteiger partial charge in [0, 0.05) is 25.0 Å². The van der Waals surface area contributed by atoms with E-state index in [9.17, 15) is 4.79 Å². The third-order valence-electron chi connectivity index (χ3n) is 4.46. The summed E-state index contributed by atoms with van der Waals surface area (Å²) >= 11 is 0. The maximum absolute atomic E-state index is 11.6. The van der Waals surface area contributed by atoms with Gasteiger partial charge < -0.3 is 15.2 Å². The summed E-state index contributed by atoms with van der Waals surface area (Å²) in [7, 11) is 1.68. The number of nitrogens with two attached hydrogens (primary N) is 1. The minimum absolute atomic E-state index is 0.415. The highest BCUT2D eigenvalue weighted by Gasteiger charge is 2.37. The van der Waals surface area contributed by atoms with Gasteiger partial charge in [0.25, 0.3) is 5.91 Å². The number of morpholine rings is 1. The normalized spacial score (nSPS) is 22.2. The zero-order valence-electron chi connectivity index (χ0n) is 13.5. The van der Waals surface area contributed by atoms with Crippen LogP contribution >= 0.6 is 0 Å². The highest BCUT2D eigenvalue weighted by molar-refractivity contribution is 5.91. The molecule has 0 spiro atoms. The molecule has 1 aliphatic rings. The van der Waals surface area contributed by atoms with Crippen LogP contribution in [-0.4, -0.2) is 43.2 Å². The van der Waals surface area contributed by atoms with Gasteiger partial charge in [-0.05, 0) is 23.9 Å². The second kappa shape index (κ2) is 6.18. The Hall–Kier alpha value is -2.11. The number of rotatable bonds is 4. The van der Waals surface area contributed by atoms with E-state index in [1.807, 2.05) is 18.2 Å². The second-order valence-corrected chi connectivity index (χ2v) is 6.13. The molecule has 1 atom stereocenters. The average molecular weight is 314 g/mol. The summed E-state index contributed by atoms with van der Waals surface area (Å²) in [5, 5.41) is 2.26. The topological polar surface area (TPSA) is 64.8 Å². The molecule has 0 aliphatic carbocycles. The summed E-state index contributed by atoms with van der Waals surface area (Å²) in [6.07, 6.45) is 0. The molecular weight excluding hydrogens is 292 g/mol. The number of nitrogens with zero attached hydrogens (tertiary/aromatic N) is 1. The lowest BCUT2D eigenvalue weighted by Gasteiger charge is -2.38. The fourth-order valence-corrected chi connectivity index (χ4v) is 3.13. The molecule has 3 rings (SSSR count). The van der Waals surface area contributed by atoms with E-state index in [1.54, 1.807) is 14.0 Å². The van der Waals surface area contributed by atoms with Crippen LogP contribution in [0.1, 0.15) is 12.5 Å². The number of amides is 1. The number of ether oxygens (including phenoxy) is 2. The van der Waals surface area contributed by atoms with Crippen LogP contribution < -0.4 is 10.5 Å². The Balaban J connectivity index is 1.89. The van der Waals surface area contributed by atoms with Crippen molar-refractivity contribution in [2.75, 3.05) is 26.8 Å². The van der Waals surface area contributed by atoms with Crippen molar-refractivity contribution in [1.29, 1.82) is 0 Å². The lowest BCUT2D eigenvalue weighted by Crippen LogP contribution is -2.56. The molecule has 1 heterocycles. The molecule has 0 saturated carbocycles. The van der Waals surface area contributed by atoms with E-state index in [0.717, 1.165) is 24.2 Å². The lowest BCUT2D eigenvalue weighted by molar-refractivity contribution is -0.153. The molecule has 1 fully saturated rings. The highest BCUT2D eigenvalue weighted by atomic mass is 16.5. The standard InChI is InChI=1S/C18H22N2O3/c1-18(17(19)21)12-20(9-10-23-18)11-13-7-8-16(22-2)15-6-4-3-5-14(13)15/h3-8H,9-12H2,1-2H3,(H2,19,21)/t18-/m1/s1. The van der Waals surface area contributed by atoms with Gasteiger partial charge in [-0.2, -0.15) is 0 Å². The van der Waals surface area contributed by atoms with Crippen LogP contribution in [-0.2, 0) is 16.1 Å². The van der Waals surface area contributed by atoms with E-state index in [2.05, 4.69) is 23.1 Å². The Morgan fingerprint density at radius 3 is 2.74 bits per heavy atom. The SMILES string of the molecule is COc1ccc(CN2CCO[C@@](C)(C(N)=O)C2)c2ccccc12. The van der Waals surface area contributed by atoms with Crippen molar-refractivity contribution >= 4 is 16.7 Å². The summed E-state index contributed by atoms with van der Waals surface area (Å²) in [4.78, 5) is 13.8. The Morgan fingerprint density at radius 2 is 2.04 bits per heavy atom. The largest absolute Gasteiger partial charge is 0.496 e. The van der Waals surface area contributed by atoms with Crippen LogP contribution in [0.15, 0.2) is 36.4 Å². The van der Waals surface area contributed by atoms with Crippen LogP contribution in [0.2, 0.25) is 0 Å². The lowest BCUT2D eigenvalue weighted by atomic mass is 10.0. The van der Waals surface area contributed by atoms with Crippen LogP contribution in [0.5, 0.6) is 5.75 Å². The molecule has 2 N–H and O–H groups in total. The van der Waals surface area contributed by atoms with E-state index in [1.165, 1.54) is 10.9 Å². The van der Waals surface area contributed by atoms with Crippen LogP contribution in [0.4, 0.5) is 0 Å². The van der Waals surface area contributed by atoms with Gasteiger partial charge in [-0.15, -0.1) is 0 Å². The summed E-state index contributed by atoms with van der Waals surface area (Å²) in [5.41, 5.74) is 5.77. The Kier molecular flexibility index (Phi) is 4.24. The highest BCUT2D eigenvalue weighted by Crippen LogP contribution is 2.30. The Morgan fingerprint density at radius 1 is 1.30 bits per heavy atom. The first-order valence-corrected chi connectivity index (χ1v) is 7.74. The molecule has 0 radical (unpaired) electrons. The maximum Gasteiger partial charge on any atom is 0.250 e. The second-order valence-electron chi connectivity index (χ2n) is 6.13. The van der Waals surface area contributed by atoms with Gasteiger partial charge in [-0.3, -0.25) is 9.69 Å². The van der Waals surface area contributed by atoms with Gasteiger partial charge in [0.1, 0.15) is 5.75 Å². The Bertz CT molecular complexity index is 731. The number of carbonyl (C=O) groups is 1. The summed E-state index contributed by atoms with van der Waals surface area (Å²) in [6, 6.07) is 12.3. The molecule has 0 unspecified atom stereocenters. The summed E-state index contributed by atoms with van der Waals surface area (Å²) in [6.45, 7) is 4.30. The maximum atomic E-state index is 11.6. The smallest absolute Gasteiger partial charge is 0.250 e. The number of carbonyl (C=O) groups excluding carboxylic acids is 1. The van der Waals surface area contributed by atoms with E-state index >= 15 is 0 Å². The first kappa shape index (κ1) is 15.8. The van der Waals surface area contributed by atoms with Gasteiger partial charge in [-0.1, -0.05) is 30.3 Å². The van der Waals surface area contributed by atoms with E-state index in [-0.39, 0.29) is 0 Å². The minimum atomic E-state index is -0.916. The molecule has 5 nitrogen and oxygen atoms in total. The molecule has 2 aromatic rings. The van der Waals surface area contributed by atoms with Crippen molar-refractivity contribution in [3.05, 3.63) is 42.0 Å². The van der Waals surface area contributed by atoms with Gasteiger partial charge in [0.2, 0.25) is 0 Å². The van der Waals surface area contributed by atoms with Crippen molar-refractivity contribution < 1.29 is 14.3 Å². The average Bonchev–Trinajstić information content (AvgIpc) is 2.55. The van der Waals surface area contributed by atoms with Crippen molar-refractivity contribution in [2.45, 2.75) is 19.1 Å². The molecule has 23 heavy (non-hydrogen) atoms. The minimum Gasteiger partial charge on any atom is -0.496 e. The van der Waals surface area contributed by atoms with Gasteiger partial charge in [0.15, 0.2) is 5.60 Å². The molecule has 2 aromatic carbocycles. The monoisotopic (exact) mass is 314 g/mol. The molecule has 0 aromatic heterocycles. The zero-order chi connectivity index (χ0) is 16.4. The van der Waals surface area contributed by atoms with E-state index in [0.29, 0.717) is 13.2 Å². The first-order valence-electron chi connectivity index (χ1n) is 7.74. The number of primary amides is 1. The third-order valence-corrected chi connectivity index (χ3v) is 4.46.